The van der Waals surface area contributed by atoms with Crippen molar-refractivity contribution < 1.29 is 17.6 Å². The Morgan fingerprint density at radius 2 is 1.92 bits per heavy atom. The number of hydrogen-bond acceptors (Lipinski definition) is 7. The highest BCUT2D eigenvalue weighted by atomic mass is 32.2. The fraction of sp³-hybridized carbons (Fsp3) is 0.481. The van der Waals surface area contributed by atoms with Gasteiger partial charge < -0.3 is 10.2 Å². The van der Waals surface area contributed by atoms with E-state index in [2.05, 4.69) is 28.9 Å². The molecule has 2 aromatic carbocycles. The van der Waals surface area contributed by atoms with Crippen LogP contribution in [0.2, 0.25) is 0 Å². The van der Waals surface area contributed by atoms with E-state index in [-0.39, 0.29) is 22.6 Å². The van der Waals surface area contributed by atoms with E-state index in [0.29, 0.717) is 50.0 Å². The van der Waals surface area contributed by atoms with Crippen molar-refractivity contribution in [3.8, 4) is 0 Å². The van der Waals surface area contributed by atoms with Crippen LogP contribution < -0.4 is 10.0 Å². The molecule has 0 bridgehead atoms. The van der Waals surface area contributed by atoms with Crippen LogP contribution in [0.15, 0.2) is 47.4 Å². The van der Waals surface area contributed by atoms with Gasteiger partial charge in [-0.25, -0.2) is 17.8 Å². The number of amides is 1. The van der Waals surface area contributed by atoms with E-state index >= 15 is 0 Å². The van der Waals surface area contributed by atoms with Crippen molar-refractivity contribution in [1.29, 1.82) is 0 Å². The number of anilines is 1. The SMILES string of the molecule is CC1(C)CNc2c(cccc2S(=O)(=O)N[C@H](Cc2nc3ccccc3s2)C(=O)N2CCN(CCF)CC2)C1. The van der Waals surface area contributed by atoms with E-state index in [1.54, 1.807) is 17.0 Å². The van der Waals surface area contributed by atoms with Gasteiger partial charge in [-0.2, -0.15) is 4.72 Å². The van der Waals surface area contributed by atoms with Gasteiger partial charge in [-0.1, -0.05) is 38.1 Å². The summed E-state index contributed by atoms with van der Waals surface area (Å²) in [5.74, 6) is -0.286. The second-order valence-corrected chi connectivity index (χ2v) is 13.6. The summed E-state index contributed by atoms with van der Waals surface area (Å²) >= 11 is 1.46. The number of benzene rings is 2. The summed E-state index contributed by atoms with van der Waals surface area (Å²) in [6, 6.07) is 12.0. The first kappa shape index (κ1) is 27.0. The number of halogens is 1. The van der Waals surface area contributed by atoms with E-state index in [9.17, 15) is 17.6 Å². The monoisotopic (exact) mass is 559 g/mol. The second-order valence-electron chi connectivity index (χ2n) is 10.8. The van der Waals surface area contributed by atoms with Crippen LogP contribution in [0.4, 0.5) is 10.1 Å². The number of rotatable bonds is 8. The molecule has 11 heteroatoms. The quantitative estimate of drug-likeness (QED) is 0.440. The maximum Gasteiger partial charge on any atom is 0.243 e. The molecule has 204 valence electrons. The molecule has 1 aromatic heterocycles. The minimum Gasteiger partial charge on any atom is -0.383 e. The predicted octanol–water partition coefficient (Wildman–Crippen LogP) is 3.29. The number of hydrogen-bond donors (Lipinski definition) is 2. The summed E-state index contributed by atoms with van der Waals surface area (Å²) < 4.78 is 44.1. The molecule has 38 heavy (non-hydrogen) atoms. The molecule has 2 aliphatic rings. The Morgan fingerprint density at radius 3 is 2.66 bits per heavy atom. The Balaban J connectivity index is 1.42. The third kappa shape index (κ3) is 5.85. The van der Waals surface area contributed by atoms with Gasteiger partial charge in [-0.05, 0) is 35.6 Å². The number of fused-ring (bicyclic) bond motifs is 2. The highest BCUT2D eigenvalue weighted by molar-refractivity contribution is 7.89. The van der Waals surface area contributed by atoms with Gasteiger partial charge in [0.1, 0.15) is 17.6 Å². The van der Waals surface area contributed by atoms with Crippen molar-refractivity contribution in [2.24, 2.45) is 5.41 Å². The molecule has 1 fully saturated rings. The molecule has 1 atom stereocenters. The Bertz CT molecular complexity index is 1380. The molecule has 0 unspecified atom stereocenters. The summed E-state index contributed by atoms with van der Waals surface area (Å²) in [5, 5.41) is 4.01. The molecule has 0 spiro atoms. The second kappa shape index (κ2) is 10.9. The van der Waals surface area contributed by atoms with Crippen molar-refractivity contribution >= 4 is 43.2 Å². The smallest absolute Gasteiger partial charge is 0.243 e. The molecule has 0 aliphatic carbocycles. The topological polar surface area (TPSA) is 94.6 Å². The number of nitrogens with zero attached hydrogens (tertiary/aromatic N) is 3. The Hall–Kier alpha value is -2.60. The predicted molar refractivity (Wildman–Crippen MR) is 149 cm³/mol. The molecular weight excluding hydrogens is 525 g/mol. The zero-order chi connectivity index (χ0) is 26.9. The van der Waals surface area contributed by atoms with Crippen LogP contribution >= 0.6 is 11.3 Å². The number of nitrogens with one attached hydrogen (secondary N) is 2. The fourth-order valence-corrected chi connectivity index (χ4v) is 7.63. The Labute approximate surface area is 227 Å². The van der Waals surface area contributed by atoms with Crippen molar-refractivity contribution in [3.05, 3.63) is 53.0 Å². The number of thiazole rings is 1. The van der Waals surface area contributed by atoms with E-state index in [1.807, 2.05) is 35.2 Å². The van der Waals surface area contributed by atoms with Gasteiger partial charge in [0.25, 0.3) is 0 Å². The third-order valence-corrected chi connectivity index (χ3v) is 9.78. The third-order valence-electron chi connectivity index (χ3n) is 7.21. The average molecular weight is 560 g/mol. The molecule has 2 aliphatic heterocycles. The van der Waals surface area contributed by atoms with Crippen LogP contribution in [0.3, 0.4) is 0 Å². The van der Waals surface area contributed by atoms with E-state index < -0.39 is 22.7 Å². The van der Waals surface area contributed by atoms with Gasteiger partial charge in [-0.3, -0.25) is 9.69 Å². The van der Waals surface area contributed by atoms with Crippen molar-refractivity contribution in [2.45, 2.75) is 37.6 Å². The van der Waals surface area contributed by atoms with Gasteiger partial charge in [-0.15, -0.1) is 11.3 Å². The largest absolute Gasteiger partial charge is 0.383 e. The maximum atomic E-state index is 13.8. The molecule has 3 aromatic rings. The first-order chi connectivity index (χ1) is 18.1. The summed E-state index contributed by atoms with van der Waals surface area (Å²) in [6.45, 7) is 6.81. The van der Waals surface area contributed by atoms with Crippen molar-refractivity contribution in [1.82, 2.24) is 19.5 Å². The van der Waals surface area contributed by atoms with E-state index in [4.69, 9.17) is 0 Å². The molecule has 8 nitrogen and oxygen atoms in total. The first-order valence-electron chi connectivity index (χ1n) is 12.9. The lowest BCUT2D eigenvalue weighted by atomic mass is 9.82. The number of aromatic nitrogens is 1. The van der Waals surface area contributed by atoms with Gasteiger partial charge in [0, 0.05) is 45.7 Å². The number of piperazine rings is 1. The normalized spacial score (nSPS) is 18.7. The molecule has 0 saturated carbocycles. The molecular formula is C27H34FN5O3S2. The zero-order valence-corrected chi connectivity index (χ0v) is 23.4. The number of alkyl halides is 1. The lowest BCUT2D eigenvalue weighted by Gasteiger charge is -2.36. The summed E-state index contributed by atoms with van der Waals surface area (Å²) in [7, 11) is -4.03. The number of sulfonamides is 1. The van der Waals surface area contributed by atoms with Crippen LogP contribution in [0.1, 0.15) is 24.4 Å². The molecule has 2 N–H and O–H groups in total. The minimum atomic E-state index is -4.03. The molecule has 1 amide bonds. The van der Waals surface area contributed by atoms with Crippen LogP contribution in [0, 0.1) is 5.41 Å². The maximum absolute atomic E-state index is 13.8. The van der Waals surface area contributed by atoms with Gasteiger partial charge in [0.15, 0.2) is 0 Å². The lowest BCUT2D eigenvalue weighted by molar-refractivity contribution is -0.134. The standard InChI is InChI=1S/C27H34FN5O3S2/c1-27(2)17-19-6-5-9-23(25(19)29-18-27)38(35,36)31-21(16-24-30-20-7-3-4-8-22(20)37-24)26(34)33-14-12-32(11-10-28)13-15-33/h3-9,21,29,31H,10-18H2,1-2H3/t21-/m1/s1. The summed E-state index contributed by atoms with van der Waals surface area (Å²) in [6.07, 6.45) is 0.910. The van der Waals surface area contributed by atoms with Gasteiger partial charge in [0.2, 0.25) is 15.9 Å². The van der Waals surface area contributed by atoms with Crippen molar-refractivity contribution in [3.63, 3.8) is 0 Å². The summed E-state index contributed by atoms with van der Waals surface area (Å²) in [5.41, 5.74) is 2.39. The van der Waals surface area contributed by atoms with Crippen molar-refractivity contribution in [2.75, 3.05) is 51.3 Å². The highest BCUT2D eigenvalue weighted by Gasteiger charge is 2.35. The zero-order valence-electron chi connectivity index (χ0n) is 21.7. The fourth-order valence-electron chi connectivity index (χ4n) is 5.20. The Morgan fingerprint density at radius 1 is 1.16 bits per heavy atom. The lowest BCUT2D eigenvalue weighted by Crippen LogP contribution is -2.55. The van der Waals surface area contributed by atoms with Gasteiger partial charge in [0.05, 0.1) is 20.9 Å². The number of para-hydroxylation sites is 2. The van der Waals surface area contributed by atoms with E-state index in [1.165, 1.54) is 11.3 Å². The molecule has 1 saturated heterocycles. The molecule has 0 radical (unpaired) electrons. The molecule has 5 rings (SSSR count). The minimum absolute atomic E-state index is 0.0124. The highest BCUT2D eigenvalue weighted by Crippen LogP contribution is 2.36. The summed E-state index contributed by atoms with van der Waals surface area (Å²) in [4.78, 5) is 22.2. The number of carbonyl (C=O) groups excluding carboxylic acids is 1. The first-order valence-corrected chi connectivity index (χ1v) is 15.2. The van der Waals surface area contributed by atoms with Crippen LogP contribution in [0.25, 0.3) is 10.2 Å². The van der Waals surface area contributed by atoms with Crippen LogP contribution in [-0.2, 0) is 27.7 Å². The molecule has 3 heterocycles. The van der Waals surface area contributed by atoms with Gasteiger partial charge >= 0.3 is 0 Å². The van der Waals surface area contributed by atoms with E-state index in [0.717, 1.165) is 22.2 Å². The van der Waals surface area contributed by atoms with Crippen LogP contribution in [0.5, 0.6) is 0 Å². The Kier molecular flexibility index (Phi) is 7.72. The average Bonchev–Trinajstić information content (AvgIpc) is 3.30. The number of carbonyl (C=O) groups is 1. The van der Waals surface area contributed by atoms with Crippen LogP contribution in [-0.4, -0.2) is 81.1 Å².